The van der Waals surface area contributed by atoms with E-state index in [0.29, 0.717) is 6.04 Å². The summed E-state index contributed by atoms with van der Waals surface area (Å²) in [5.74, 6) is -2.76. The summed E-state index contributed by atoms with van der Waals surface area (Å²) >= 11 is 0. The lowest BCUT2D eigenvalue weighted by Gasteiger charge is -2.28. The summed E-state index contributed by atoms with van der Waals surface area (Å²) in [5, 5.41) is 13.3. The Morgan fingerprint density at radius 2 is 1.72 bits per heavy atom. The third-order valence-corrected chi connectivity index (χ3v) is 5.62. The Bertz CT molecular complexity index is 848. The molecule has 32 heavy (non-hydrogen) atoms. The number of rotatable bonds is 5. The van der Waals surface area contributed by atoms with Gasteiger partial charge in [0.2, 0.25) is 0 Å². The molecule has 2 aliphatic rings. The van der Waals surface area contributed by atoms with Crippen LogP contribution in [0.25, 0.3) is 0 Å². The number of nitrogens with zero attached hydrogens (tertiary/aromatic N) is 2. The van der Waals surface area contributed by atoms with Gasteiger partial charge in [0.15, 0.2) is 0 Å². The lowest BCUT2D eigenvalue weighted by Crippen LogP contribution is -2.47. The standard InChI is InChI=1S/C19H30N4O2.C2HF3O2/c1-22(2)11-12-23-17-9-8-16(13-14(17)7-10-18(23)24)21-19(25)20-15-5-3-4-6-15;3-2(4,5)1(6)7/h7,10,15-16H,3-6,8-9,11-13H2,1-2H3,(H2,20,21,25);(H,6,7). The van der Waals surface area contributed by atoms with Crippen LogP contribution < -0.4 is 16.2 Å². The summed E-state index contributed by atoms with van der Waals surface area (Å²) in [4.78, 5) is 35.4. The number of hydrogen-bond acceptors (Lipinski definition) is 4. The van der Waals surface area contributed by atoms with Crippen LogP contribution >= 0.6 is 0 Å². The van der Waals surface area contributed by atoms with Crippen LogP contribution in [0.1, 0.15) is 43.4 Å². The minimum Gasteiger partial charge on any atom is -0.475 e. The molecule has 11 heteroatoms. The number of amides is 2. The van der Waals surface area contributed by atoms with E-state index < -0.39 is 12.1 Å². The molecule has 2 amide bonds. The molecule has 1 unspecified atom stereocenters. The minimum absolute atomic E-state index is 0.0405. The Balaban J connectivity index is 0.000000451. The number of pyridine rings is 1. The maximum Gasteiger partial charge on any atom is 0.490 e. The quantitative estimate of drug-likeness (QED) is 0.625. The molecule has 1 aromatic heterocycles. The molecule has 0 aliphatic heterocycles. The molecular formula is C21H31F3N4O4. The van der Waals surface area contributed by atoms with E-state index >= 15 is 0 Å². The molecule has 1 atom stereocenters. The smallest absolute Gasteiger partial charge is 0.475 e. The van der Waals surface area contributed by atoms with E-state index in [1.54, 1.807) is 6.07 Å². The molecule has 1 heterocycles. The number of nitrogens with one attached hydrogen (secondary N) is 2. The number of likely N-dealkylation sites (N-methyl/N-ethyl adjacent to an activating group) is 1. The molecule has 3 N–H and O–H groups in total. The molecule has 0 aromatic carbocycles. The number of carboxylic acid groups (broad SMARTS) is 1. The second kappa shape index (κ2) is 11.3. The first kappa shape index (κ1) is 25.7. The highest BCUT2D eigenvalue weighted by Gasteiger charge is 2.38. The molecule has 2 aliphatic carbocycles. The Morgan fingerprint density at radius 1 is 1.12 bits per heavy atom. The van der Waals surface area contributed by atoms with E-state index in [4.69, 9.17) is 9.90 Å². The van der Waals surface area contributed by atoms with Gasteiger partial charge in [-0.25, -0.2) is 9.59 Å². The van der Waals surface area contributed by atoms with Gasteiger partial charge >= 0.3 is 18.2 Å². The molecule has 0 spiro atoms. The van der Waals surface area contributed by atoms with E-state index in [0.717, 1.165) is 50.9 Å². The molecular weight excluding hydrogens is 429 g/mol. The molecule has 1 saturated carbocycles. The molecule has 0 saturated heterocycles. The molecule has 0 bridgehead atoms. The van der Waals surface area contributed by atoms with Gasteiger partial charge in [-0.15, -0.1) is 0 Å². The zero-order valence-electron chi connectivity index (χ0n) is 18.4. The Hall–Kier alpha value is -2.56. The fraction of sp³-hybridized carbons (Fsp3) is 0.667. The number of carbonyl (C=O) groups is 2. The van der Waals surface area contributed by atoms with Gasteiger partial charge in [-0.1, -0.05) is 18.9 Å². The summed E-state index contributed by atoms with van der Waals surface area (Å²) in [5.41, 5.74) is 2.41. The number of aliphatic carboxylic acids is 1. The topological polar surface area (TPSA) is 104 Å². The second-order valence-corrected chi connectivity index (χ2v) is 8.44. The van der Waals surface area contributed by atoms with Crippen molar-refractivity contribution in [3.8, 4) is 0 Å². The van der Waals surface area contributed by atoms with Gasteiger partial charge in [-0.3, -0.25) is 4.79 Å². The number of fused-ring (bicyclic) bond motifs is 1. The number of carbonyl (C=O) groups excluding carboxylic acids is 1. The average Bonchev–Trinajstić information content (AvgIpc) is 3.19. The first-order valence-electron chi connectivity index (χ1n) is 10.7. The number of urea groups is 1. The maximum atomic E-state index is 12.2. The van der Waals surface area contributed by atoms with Gasteiger partial charge in [0.25, 0.3) is 5.56 Å². The van der Waals surface area contributed by atoms with Gasteiger partial charge in [-0.05, 0) is 51.8 Å². The molecule has 1 fully saturated rings. The highest BCUT2D eigenvalue weighted by molar-refractivity contribution is 5.74. The predicted octanol–water partition coefficient (Wildman–Crippen LogP) is 2.14. The second-order valence-electron chi connectivity index (χ2n) is 8.44. The zero-order valence-corrected chi connectivity index (χ0v) is 18.4. The van der Waals surface area contributed by atoms with E-state index in [2.05, 4.69) is 15.5 Å². The van der Waals surface area contributed by atoms with Crippen LogP contribution in [0.15, 0.2) is 16.9 Å². The largest absolute Gasteiger partial charge is 0.490 e. The number of hydrogen-bond donors (Lipinski definition) is 3. The average molecular weight is 460 g/mol. The highest BCUT2D eigenvalue weighted by atomic mass is 19.4. The first-order valence-corrected chi connectivity index (χ1v) is 10.7. The van der Waals surface area contributed by atoms with Crippen molar-refractivity contribution >= 4 is 12.0 Å². The van der Waals surface area contributed by atoms with Crippen LogP contribution in [0.5, 0.6) is 0 Å². The Kier molecular flexibility index (Phi) is 9.11. The van der Waals surface area contributed by atoms with Crippen LogP contribution in [0, 0.1) is 0 Å². The molecule has 3 rings (SSSR count). The molecule has 1 aromatic rings. The Morgan fingerprint density at radius 3 is 2.28 bits per heavy atom. The Labute approximate surface area is 184 Å². The van der Waals surface area contributed by atoms with E-state index in [1.807, 2.05) is 24.7 Å². The summed E-state index contributed by atoms with van der Waals surface area (Å²) in [6.45, 7) is 1.57. The number of halogens is 3. The van der Waals surface area contributed by atoms with E-state index in [1.165, 1.54) is 18.4 Å². The zero-order chi connectivity index (χ0) is 23.9. The normalized spacial score (nSPS) is 18.5. The van der Waals surface area contributed by atoms with Crippen LogP contribution in [0.2, 0.25) is 0 Å². The molecule has 180 valence electrons. The third-order valence-electron chi connectivity index (χ3n) is 5.62. The van der Waals surface area contributed by atoms with Crippen LogP contribution in [-0.2, 0) is 24.2 Å². The maximum absolute atomic E-state index is 12.2. The minimum atomic E-state index is -5.08. The van der Waals surface area contributed by atoms with Gasteiger partial charge in [0, 0.05) is 36.9 Å². The van der Waals surface area contributed by atoms with Gasteiger partial charge < -0.3 is 25.2 Å². The summed E-state index contributed by atoms with van der Waals surface area (Å²) in [6.07, 6.45) is 2.07. The molecule has 8 nitrogen and oxygen atoms in total. The summed E-state index contributed by atoms with van der Waals surface area (Å²) < 4.78 is 33.6. The number of alkyl halides is 3. The summed E-state index contributed by atoms with van der Waals surface area (Å²) in [6, 6.07) is 4.05. The first-order chi connectivity index (χ1) is 15.0. The number of aromatic nitrogens is 1. The fourth-order valence-electron chi connectivity index (χ4n) is 3.98. The monoisotopic (exact) mass is 460 g/mol. The van der Waals surface area contributed by atoms with Crippen molar-refractivity contribution in [1.29, 1.82) is 0 Å². The van der Waals surface area contributed by atoms with Crippen LogP contribution in [0.3, 0.4) is 0 Å². The van der Waals surface area contributed by atoms with Gasteiger partial charge in [-0.2, -0.15) is 13.2 Å². The highest BCUT2D eigenvalue weighted by Crippen LogP contribution is 2.21. The SMILES string of the molecule is CN(C)CCn1c2c(ccc1=O)CC(NC(=O)NC1CCCC1)CC2.O=C(O)C(F)(F)F. The summed E-state index contributed by atoms with van der Waals surface area (Å²) in [7, 11) is 4.03. The van der Waals surface area contributed by atoms with E-state index in [-0.39, 0.29) is 17.6 Å². The van der Waals surface area contributed by atoms with Crippen LogP contribution in [0.4, 0.5) is 18.0 Å². The van der Waals surface area contributed by atoms with Crippen molar-refractivity contribution in [2.75, 3.05) is 20.6 Å². The van der Waals surface area contributed by atoms with Crippen molar-refractivity contribution in [3.63, 3.8) is 0 Å². The van der Waals surface area contributed by atoms with Crippen molar-refractivity contribution in [1.82, 2.24) is 20.1 Å². The van der Waals surface area contributed by atoms with Gasteiger partial charge in [0.1, 0.15) is 0 Å². The molecule has 0 radical (unpaired) electrons. The lowest BCUT2D eigenvalue weighted by atomic mass is 9.91. The van der Waals surface area contributed by atoms with Crippen molar-refractivity contribution in [2.45, 2.75) is 69.8 Å². The number of carboxylic acids is 1. The van der Waals surface area contributed by atoms with Gasteiger partial charge in [0.05, 0.1) is 0 Å². The van der Waals surface area contributed by atoms with Crippen molar-refractivity contribution in [2.24, 2.45) is 0 Å². The lowest BCUT2D eigenvalue weighted by molar-refractivity contribution is -0.192. The van der Waals surface area contributed by atoms with Crippen molar-refractivity contribution < 1.29 is 27.9 Å². The van der Waals surface area contributed by atoms with Crippen molar-refractivity contribution in [3.05, 3.63) is 33.7 Å². The predicted molar refractivity (Wildman–Crippen MR) is 113 cm³/mol. The fourth-order valence-corrected chi connectivity index (χ4v) is 3.98. The van der Waals surface area contributed by atoms with E-state index in [9.17, 15) is 22.8 Å². The van der Waals surface area contributed by atoms with Crippen LogP contribution in [-0.4, -0.2) is 65.5 Å². The third kappa shape index (κ3) is 7.85.